The number of hydrogen-bond donors (Lipinski definition) is 2. The molecule has 0 bridgehead atoms. The van der Waals surface area contributed by atoms with Crippen LogP contribution in [0, 0.1) is 0 Å². The van der Waals surface area contributed by atoms with Gasteiger partial charge in [-0.2, -0.15) is 0 Å². The highest BCUT2D eigenvalue weighted by atomic mass is 16.5. The molecule has 3 rings (SSSR count). The first kappa shape index (κ1) is 16.1. The summed E-state index contributed by atoms with van der Waals surface area (Å²) in [5.74, 6) is 0.595. The van der Waals surface area contributed by atoms with Crippen LogP contribution in [0.3, 0.4) is 0 Å². The molecule has 0 aliphatic carbocycles. The van der Waals surface area contributed by atoms with E-state index in [9.17, 15) is 4.79 Å². The number of nitrogens with one attached hydrogen (secondary N) is 2. The number of amides is 1. The second-order valence-electron chi connectivity index (χ2n) is 6.88. The molecule has 0 saturated heterocycles. The number of rotatable bonds is 3. The Morgan fingerprint density at radius 3 is 2.42 bits per heavy atom. The van der Waals surface area contributed by atoms with Gasteiger partial charge in [-0.15, -0.1) is 0 Å². The number of fused-ring (bicyclic) bond motifs is 1. The summed E-state index contributed by atoms with van der Waals surface area (Å²) in [6, 6.07) is 15.1. The van der Waals surface area contributed by atoms with Gasteiger partial charge in [-0.1, -0.05) is 26.8 Å². The van der Waals surface area contributed by atoms with Crippen molar-refractivity contribution in [3.8, 4) is 5.75 Å². The zero-order valence-electron chi connectivity index (χ0n) is 14.4. The highest BCUT2D eigenvalue weighted by Gasteiger charge is 2.18. The molecule has 1 heterocycles. The van der Waals surface area contributed by atoms with Crippen LogP contribution in [0.4, 0.5) is 5.69 Å². The minimum atomic E-state index is -0.135. The number of H-pyrrole nitrogens is 1. The van der Waals surface area contributed by atoms with Crippen LogP contribution >= 0.6 is 0 Å². The first-order chi connectivity index (χ1) is 11.4. The SMILES string of the molecule is COc1ccc(C(=O)Nc2cccc3[nH]c(C(C)(C)C)cc23)cc1. The molecule has 0 fully saturated rings. The Balaban J connectivity index is 1.91. The van der Waals surface area contributed by atoms with Gasteiger partial charge in [0.25, 0.3) is 5.91 Å². The van der Waals surface area contributed by atoms with Crippen molar-refractivity contribution in [3.63, 3.8) is 0 Å². The largest absolute Gasteiger partial charge is 0.497 e. The number of aromatic amines is 1. The molecule has 0 saturated carbocycles. The Hall–Kier alpha value is -2.75. The Bertz CT molecular complexity index is 871. The normalized spacial score (nSPS) is 11.5. The van der Waals surface area contributed by atoms with Gasteiger partial charge in [0.05, 0.1) is 12.8 Å². The van der Waals surface area contributed by atoms with Gasteiger partial charge in [-0.25, -0.2) is 0 Å². The topological polar surface area (TPSA) is 54.1 Å². The highest BCUT2D eigenvalue weighted by Crippen LogP contribution is 2.30. The lowest BCUT2D eigenvalue weighted by Crippen LogP contribution is -2.12. The number of hydrogen-bond acceptors (Lipinski definition) is 2. The lowest BCUT2D eigenvalue weighted by atomic mass is 9.92. The standard InChI is InChI=1S/C20H22N2O2/c1-20(2,3)18-12-15-16(21-18)6-5-7-17(15)22-19(23)13-8-10-14(24-4)11-9-13/h5-12,21H,1-4H3,(H,22,23). The summed E-state index contributed by atoms with van der Waals surface area (Å²) in [6.07, 6.45) is 0. The average molecular weight is 322 g/mol. The molecule has 4 heteroatoms. The van der Waals surface area contributed by atoms with Crippen LogP contribution in [-0.4, -0.2) is 18.0 Å². The molecule has 1 amide bonds. The van der Waals surface area contributed by atoms with Gasteiger partial charge >= 0.3 is 0 Å². The summed E-state index contributed by atoms with van der Waals surface area (Å²) >= 11 is 0. The smallest absolute Gasteiger partial charge is 0.255 e. The average Bonchev–Trinajstić information content (AvgIpc) is 3.00. The molecule has 4 nitrogen and oxygen atoms in total. The monoisotopic (exact) mass is 322 g/mol. The predicted molar refractivity (Wildman–Crippen MR) is 97.9 cm³/mol. The van der Waals surface area contributed by atoms with Crippen LogP contribution in [0.15, 0.2) is 48.5 Å². The third-order valence-electron chi connectivity index (χ3n) is 4.07. The molecular formula is C20H22N2O2. The van der Waals surface area contributed by atoms with Gasteiger partial charge in [0.1, 0.15) is 5.75 Å². The molecule has 24 heavy (non-hydrogen) atoms. The van der Waals surface area contributed by atoms with Gasteiger partial charge in [-0.3, -0.25) is 4.79 Å². The number of ether oxygens (including phenoxy) is 1. The molecule has 2 N–H and O–H groups in total. The van der Waals surface area contributed by atoms with E-state index in [2.05, 4.69) is 37.1 Å². The molecule has 3 aromatic rings. The van der Waals surface area contributed by atoms with Crippen LogP contribution in [-0.2, 0) is 5.41 Å². The van der Waals surface area contributed by atoms with Gasteiger partial charge in [0.2, 0.25) is 0 Å². The second-order valence-corrected chi connectivity index (χ2v) is 6.88. The number of benzene rings is 2. The highest BCUT2D eigenvalue weighted by molar-refractivity contribution is 6.09. The molecule has 124 valence electrons. The van der Waals surface area contributed by atoms with Gasteiger partial charge in [-0.05, 0) is 42.5 Å². The summed E-state index contributed by atoms with van der Waals surface area (Å²) in [5, 5.41) is 4.02. The van der Waals surface area contributed by atoms with Crippen LogP contribution in [0.25, 0.3) is 10.9 Å². The molecule has 0 atom stereocenters. The number of carbonyl (C=O) groups excluding carboxylic acids is 1. The van der Waals surface area contributed by atoms with E-state index in [0.717, 1.165) is 28.0 Å². The van der Waals surface area contributed by atoms with Gasteiger partial charge in [0.15, 0.2) is 0 Å². The van der Waals surface area contributed by atoms with Crippen LogP contribution in [0.2, 0.25) is 0 Å². The third-order valence-corrected chi connectivity index (χ3v) is 4.07. The maximum atomic E-state index is 12.5. The fourth-order valence-corrected chi connectivity index (χ4v) is 2.61. The molecule has 0 spiro atoms. The van der Waals surface area contributed by atoms with Crippen molar-refractivity contribution in [1.82, 2.24) is 4.98 Å². The van der Waals surface area contributed by atoms with E-state index in [0.29, 0.717) is 5.56 Å². The van der Waals surface area contributed by atoms with Crippen LogP contribution < -0.4 is 10.1 Å². The second kappa shape index (κ2) is 6.04. The summed E-state index contributed by atoms with van der Waals surface area (Å²) in [4.78, 5) is 15.9. The molecule has 1 aromatic heterocycles. The van der Waals surface area contributed by atoms with Crippen molar-refractivity contribution in [2.24, 2.45) is 0 Å². The van der Waals surface area contributed by atoms with Gasteiger partial charge < -0.3 is 15.0 Å². The van der Waals surface area contributed by atoms with Crippen molar-refractivity contribution in [2.75, 3.05) is 12.4 Å². The Labute approximate surface area is 141 Å². The number of methoxy groups -OCH3 is 1. The Kier molecular flexibility index (Phi) is 4.06. The summed E-state index contributed by atoms with van der Waals surface area (Å²) in [6.45, 7) is 6.48. The molecule has 0 radical (unpaired) electrons. The zero-order chi connectivity index (χ0) is 17.3. The van der Waals surface area contributed by atoms with Crippen molar-refractivity contribution in [3.05, 3.63) is 59.8 Å². The van der Waals surface area contributed by atoms with Gasteiger partial charge in [0, 0.05) is 27.6 Å². The predicted octanol–water partition coefficient (Wildman–Crippen LogP) is 4.73. The van der Waals surface area contributed by atoms with E-state index in [4.69, 9.17) is 4.74 Å². The minimum Gasteiger partial charge on any atom is -0.497 e. The van der Waals surface area contributed by atoms with E-state index >= 15 is 0 Å². The fourth-order valence-electron chi connectivity index (χ4n) is 2.61. The van der Waals surface area contributed by atoms with E-state index in [1.807, 2.05) is 18.2 Å². The number of carbonyl (C=O) groups is 1. The fraction of sp³-hybridized carbons (Fsp3) is 0.250. The molecule has 2 aromatic carbocycles. The number of aromatic nitrogens is 1. The third kappa shape index (κ3) is 3.13. The Morgan fingerprint density at radius 2 is 1.79 bits per heavy atom. The molecule has 0 aliphatic heterocycles. The maximum Gasteiger partial charge on any atom is 0.255 e. The number of anilines is 1. The summed E-state index contributed by atoms with van der Waals surface area (Å²) < 4.78 is 5.12. The van der Waals surface area contributed by atoms with Crippen LogP contribution in [0.1, 0.15) is 36.8 Å². The van der Waals surface area contributed by atoms with E-state index in [1.54, 1.807) is 31.4 Å². The van der Waals surface area contributed by atoms with E-state index < -0.39 is 0 Å². The van der Waals surface area contributed by atoms with Crippen molar-refractivity contribution < 1.29 is 9.53 Å². The summed E-state index contributed by atoms with van der Waals surface area (Å²) in [5.41, 5.74) is 3.59. The quantitative estimate of drug-likeness (QED) is 0.732. The molecular weight excluding hydrogens is 300 g/mol. The van der Waals surface area contributed by atoms with E-state index in [1.165, 1.54) is 0 Å². The minimum absolute atomic E-state index is 0.0241. The van der Waals surface area contributed by atoms with Crippen molar-refractivity contribution >= 4 is 22.5 Å². The zero-order valence-corrected chi connectivity index (χ0v) is 14.4. The lowest BCUT2D eigenvalue weighted by molar-refractivity contribution is 0.102. The Morgan fingerprint density at radius 1 is 1.08 bits per heavy atom. The first-order valence-corrected chi connectivity index (χ1v) is 7.96. The molecule has 0 unspecified atom stereocenters. The van der Waals surface area contributed by atoms with Crippen LogP contribution in [0.5, 0.6) is 5.75 Å². The first-order valence-electron chi connectivity index (χ1n) is 7.96. The van der Waals surface area contributed by atoms with Crippen molar-refractivity contribution in [1.29, 1.82) is 0 Å². The molecule has 0 aliphatic rings. The van der Waals surface area contributed by atoms with E-state index in [-0.39, 0.29) is 11.3 Å². The maximum absolute atomic E-state index is 12.5. The lowest BCUT2D eigenvalue weighted by Gasteiger charge is -2.15. The van der Waals surface area contributed by atoms with Crippen molar-refractivity contribution in [2.45, 2.75) is 26.2 Å². The summed E-state index contributed by atoms with van der Waals surface area (Å²) in [7, 11) is 1.61.